The highest BCUT2D eigenvalue weighted by atomic mass is 32.2. The second-order valence-corrected chi connectivity index (χ2v) is 9.42. The van der Waals surface area contributed by atoms with Crippen LogP contribution in [-0.2, 0) is 10.0 Å². The zero-order valence-electron chi connectivity index (χ0n) is 17.3. The fourth-order valence-electron chi connectivity index (χ4n) is 3.36. The molecule has 8 heteroatoms. The molecule has 0 aliphatic carbocycles. The minimum Gasteiger partial charge on any atom is -0.475 e. The molecule has 0 atom stereocenters. The predicted molar refractivity (Wildman–Crippen MR) is 111 cm³/mol. The van der Waals surface area contributed by atoms with Crippen molar-refractivity contribution in [3.05, 3.63) is 53.2 Å². The van der Waals surface area contributed by atoms with Gasteiger partial charge in [0.1, 0.15) is 0 Å². The maximum Gasteiger partial charge on any atom is 0.255 e. The van der Waals surface area contributed by atoms with E-state index in [4.69, 9.17) is 4.74 Å². The first-order valence-electron chi connectivity index (χ1n) is 9.68. The molecule has 1 aliphatic heterocycles. The van der Waals surface area contributed by atoms with E-state index in [-0.39, 0.29) is 25.1 Å². The second-order valence-electron chi connectivity index (χ2n) is 7.52. The maximum atomic E-state index is 13.0. The Hall–Kier alpha value is -2.45. The highest BCUT2D eigenvalue weighted by molar-refractivity contribution is 7.89. The van der Waals surface area contributed by atoms with Gasteiger partial charge in [0.15, 0.2) is 0 Å². The predicted octanol–water partition coefficient (Wildman–Crippen LogP) is 2.63. The minimum absolute atomic E-state index is 0.0104. The Bertz CT molecular complexity index is 979. The topological polar surface area (TPSA) is 79.8 Å². The SMILES string of the molecule is Cc1ccc(S(=O)(=O)N2CCN(C(=O)c3ccc(OC(C)C)nc3)CC2)c(C)c1. The van der Waals surface area contributed by atoms with Crippen LogP contribution in [0.4, 0.5) is 0 Å². The largest absolute Gasteiger partial charge is 0.475 e. The van der Waals surface area contributed by atoms with Gasteiger partial charge in [-0.05, 0) is 45.4 Å². The van der Waals surface area contributed by atoms with Gasteiger partial charge in [0, 0.05) is 38.4 Å². The molecular weight excluding hydrogens is 390 g/mol. The normalized spacial score (nSPS) is 15.6. The van der Waals surface area contributed by atoms with Gasteiger partial charge in [0.2, 0.25) is 15.9 Å². The van der Waals surface area contributed by atoms with Crippen LogP contribution in [0.25, 0.3) is 0 Å². The molecule has 1 aromatic heterocycles. The molecule has 0 spiro atoms. The lowest BCUT2D eigenvalue weighted by atomic mass is 10.2. The monoisotopic (exact) mass is 417 g/mol. The summed E-state index contributed by atoms with van der Waals surface area (Å²) >= 11 is 0. The number of hydrogen-bond acceptors (Lipinski definition) is 5. The fraction of sp³-hybridized carbons (Fsp3) is 0.429. The molecular formula is C21H27N3O4S. The molecule has 7 nitrogen and oxygen atoms in total. The summed E-state index contributed by atoms with van der Waals surface area (Å²) in [6, 6.07) is 8.69. The van der Waals surface area contributed by atoms with Crippen molar-refractivity contribution in [1.82, 2.24) is 14.2 Å². The van der Waals surface area contributed by atoms with Crippen LogP contribution in [0.5, 0.6) is 5.88 Å². The van der Waals surface area contributed by atoms with Crippen LogP contribution in [0, 0.1) is 13.8 Å². The van der Waals surface area contributed by atoms with Crippen molar-refractivity contribution >= 4 is 15.9 Å². The van der Waals surface area contributed by atoms with Gasteiger partial charge in [0.05, 0.1) is 16.6 Å². The van der Waals surface area contributed by atoms with E-state index < -0.39 is 10.0 Å². The van der Waals surface area contributed by atoms with E-state index in [2.05, 4.69) is 4.98 Å². The number of ether oxygens (including phenoxy) is 1. The van der Waals surface area contributed by atoms with Crippen LogP contribution in [0.1, 0.15) is 35.3 Å². The number of pyridine rings is 1. The van der Waals surface area contributed by atoms with Crippen molar-refractivity contribution in [3.63, 3.8) is 0 Å². The van der Waals surface area contributed by atoms with Crippen molar-refractivity contribution in [3.8, 4) is 5.88 Å². The summed E-state index contributed by atoms with van der Waals surface area (Å²) in [7, 11) is -3.57. The Morgan fingerprint density at radius 2 is 1.76 bits per heavy atom. The molecule has 0 radical (unpaired) electrons. The van der Waals surface area contributed by atoms with Crippen molar-refractivity contribution < 1.29 is 17.9 Å². The molecule has 2 heterocycles. The van der Waals surface area contributed by atoms with Crippen molar-refractivity contribution in [2.75, 3.05) is 26.2 Å². The summed E-state index contributed by atoms with van der Waals surface area (Å²) in [5, 5.41) is 0. The first-order valence-corrected chi connectivity index (χ1v) is 11.1. The third-order valence-corrected chi connectivity index (χ3v) is 6.87. The Morgan fingerprint density at radius 3 is 2.31 bits per heavy atom. The standard InChI is InChI=1S/C21H27N3O4S/c1-15(2)28-20-8-6-18(14-22-20)21(25)23-9-11-24(12-10-23)29(26,27)19-7-5-16(3)13-17(19)4/h5-8,13-15H,9-12H2,1-4H3. The average Bonchev–Trinajstić information content (AvgIpc) is 2.67. The fourth-order valence-corrected chi connectivity index (χ4v) is 4.99. The third-order valence-electron chi connectivity index (χ3n) is 4.81. The molecule has 1 saturated heterocycles. The van der Waals surface area contributed by atoms with Gasteiger partial charge < -0.3 is 9.64 Å². The number of piperazine rings is 1. The Kier molecular flexibility index (Phi) is 6.24. The molecule has 1 aromatic carbocycles. The Balaban J connectivity index is 1.66. The maximum absolute atomic E-state index is 13.0. The van der Waals surface area contributed by atoms with Crippen LogP contribution >= 0.6 is 0 Å². The molecule has 2 aromatic rings. The molecule has 0 unspecified atom stereocenters. The first-order chi connectivity index (χ1) is 13.7. The molecule has 1 fully saturated rings. The summed E-state index contributed by atoms with van der Waals surface area (Å²) in [6.45, 7) is 8.77. The Labute approximate surface area is 172 Å². The highest BCUT2D eigenvalue weighted by Crippen LogP contribution is 2.22. The molecule has 3 rings (SSSR count). The van der Waals surface area contributed by atoms with Gasteiger partial charge in [-0.1, -0.05) is 17.7 Å². The van der Waals surface area contributed by atoms with Crippen LogP contribution in [-0.4, -0.2) is 60.8 Å². The van der Waals surface area contributed by atoms with E-state index >= 15 is 0 Å². The van der Waals surface area contributed by atoms with Gasteiger partial charge in [-0.25, -0.2) is 13.4 Å². The van der Waals surface area contributed by atoms with Crippen LogP contribution in [0.15, 0.2) is 41.4 Å². The quantitative estimate of drug-likeness (QED) is 0.747. The summed E-state index contributed by atoms with van der Waals surface area (Å²) < 4.78 is 32.9. The van der Waals surface area contributed by atoms with E-state index in [1.54, 1.807) is 36.1 Å². The van der Waals surface area contributed by atoms with Gasteiger partial charge in [-0.2, -0.15) is 4.31 Å². The lowest BCUT2D eigenvalue weighted by Crippen LogP contribution is -2.50. The van der Waals surface area contributed by atoms with E-state index in [0.717, 1.165) is 11.1 Å². The molecule has 0 saturated carbocycles. The van der Waals surface area contributed by atoms with Gasteiger partial charge in [-0.15, -0.1) is 0 Å². The number of aryl methyl sites for hydroxylation is 2. The molecule has 1 aliphatic rings. The van der Waals surface area contributed by atoms with Crippen molar-refractivity contribution in [2.45, 2.75) is 38.7 Å². The summed E-state index contributed by atoms with van der Waals surface area (Å²) in [4.78, 5) is 18.9. The summed E-state index contributed by atoms with van der Waals surface area (Å²) in [5.74, 6) is 0.318. The van der Waals surface area contributed by atoms with Crippen LogP contribution in [0.2, 0.25) is 0 Å². The molecule has 156 valence electrons. The van der Waals surface area contributed by atoms with Crippen molar-refractivity contribution in [2.24, 2.45) is 0 Å². The number of sulfonamides is 1. The number of nitrogens with zero attached hydrogens (tertiary/aromatic N) is 3. The van der Waals surface area contributed by atoms with E-state index in [9.17, 15) is 13.2 Å². The van der Waals surface area contributed by atoms with Crippen molar-refractivity contribution in [1.29, 1.82) is 0 Å². The number of amides is 1. The zero-order valence-corrected chi connectivity index (χ0v) is 18.1. The summed E-state index contributed by atoms with van der Waals surface area (Å²) in [6.07, 6.45) is 1.51. The number of hydrogen-bond donors (Lipinski definition) is 0. The summed E-state index contributed by atoms with van der Waals surface area (Å²) in [5.41, 5.74) is 2.22. The number of carbonyl (C=O) groups is 1. The molecule has 0 bridgehead atoms. The minimum atomic E-state index is -3.57. The van der Waals surface area contributed by atoms with Gasteiger partial charge >= 0.3 is 0 Å². The highest BCUT2D eigenvalue weighted by Gasteiger charge is 2.31. The molecule has 29 heavy (non-hydrogen) atoms. The van der Waals surface area contributed by atoms with Crippen LogP contribution in [0.3, 0.4) is 0 Å². The first kappa shape index (κ1) is 21.3. The van der Waals surface area contributed by atoms with Crippen LogP contribution < -0.4 is 4.74 Å². The Morgan fingerprint density at radius 1 is 1.07 bits per heavy atom. The smallest absolute Gasteiger partial charge is 0.255 e. The van der Waals surface area contributed by atoms with Gasteiger partial charge in [0.25, 0.3) is 5.91 Å². The number of carbonyl (C=O) groups excluding carboxylic acids is 1. The van der Waals surface area contributed by atoms with E-state index in [0.29, 0.717) is 29.4 Å². The average molecular weight is 418 g/mol. The van der Waals surface area contributed by atoms with Gasteiger partial charge in [-0.3, -0.25) is 4.79 Å². The lowest BCUT2D eigenvalue weighted by Gasteiger charge is -2.34. The molecule has 1 amide bonds. The molecule has 0 N–H and O–H groups in total. The zero-order chi connectivity index (χ0) is 21.2. The second kappa shape index (κ2) is 8.51. The van der Waals surface area contributed by atoms with E-state index in [1.165, 1.54) is 10.5 Å². The third kappa shape index (κ3) is 4.76. The lowest BCUT2D eigenvalue weighted by molar-refractivity contribution is 0.0697. The number of benzene rings is 1. The number of rotatable bonds is 5. The number of aromatic nitrogens is 1. The van der Waals surface area contributed by atoms with E-state index in [1.807, 2.05) is 26.8 Å².